The van der Waals surface area contributed by atoms with Crippen molar-refractivity contribution >= 4 is 5.97 Å². The lowest BCUT2D eigenvalue weighted by molar-refractivity contribution is -0.166. The molecule has 1 fully saturated rings. The molecular formula is C13H25NO3. The lowest BCUT2D eigenvalue weighted by Crippen LogP contribution is -2.65. The minimum Gasteiger partial charge on any atom is -0.480 e. The molecule has 1 aliphatic heterocycles. The van der Waals surface area contributed by atoms with E-state index >= 15 is 0 Å². The van der Waals surface area contributed by atoms with Crippen LogP contribution in [0, 0.1) is 5.92 Å². The van der Waals surface area contributed by atoms with Crippen molar-refractivity contribution in [2.75, 3.05) is 19.8 Å². The van der Waals surface area contributed by atoms with Gasteiger partial charge in [0, 0.05) is 12.1 Å². The number of hydrogen-bond donors (Lipinski definition) is 1. The average Bonchev–Trinajstić information content (AvgIpc) is 2.15. The molecule has 4 heteroatoms. The van der Waals surface area contributed by atoms with Gasteiger partial charge in [0.15, 0.2) is 0 Å². The highest BCUT2D eigenvalue weighted by Crippen LogP contribution is 2.33. The molecule has 1 N–H and O–H groups in total. The van der Waals surface area contributed by atoms with Gasteiger partial charge >= 0.3 is 5.97 Å². The fourth-order valence-corrected chi connectivity index (χ4v) is 2.88. The zero-order chi connectivity index (χ0) is 13.3. The van der Waals surface area contributed by atoms with Crippen molar-refractivity contribution in [2.45, 2.75) is 52.1 Å². The van der Waals surface area contributed by atoms with E-state index in [1.165, 1.54) is 0 Å². The van der Waals surface area contributed by atoms with E-state index in [0.29, 0.717) is 32.1 Å². The first-order chi connectivity index (χ1) is 7.70. The number of hydrogen-bond acceptors (Lipinski definition) is 3. The van der Waals surface area contributed by atoms with Crippen molar-refractivity contribution in [3.05, 3.63) is 0 Å². The van der Waals surface area contributed by atoms with Crippen LogP contribution in [0.25, 0.3) is 0 Å². The predicted molar refractivity (Wildman–Crippen MR) is 67.1 cm³/mol. The number of aliphatic carboxylic acids is 1. The maximum atomic E-state index is 11.7. The van der Waals surface area contributed by atoms with Gasteiger partial charge in [-0.2, -0.15) is 0 Å². The molecule has 0 radical (unpaired) electrons. The predicted octanol–water partition coefficient (Wildman–Crippen LogP) is 1.99. The van der Waals surface area contributed by atoms with Crippen LogP contribution in [0.1, 0.15) is 41.0 Å². The van der Waals surface area contributed by atoms with Gasteiger partial charge in [-0.1, -0.05) is 13.8 Å². The van der Waals surface area contributed by atoms with Crippen LogP contribution in [0.2, 0.25) is 0 Å². The lowest BCUT2D eigenvalue weighted by Gasteiger charge is -2.50. The third-order valence-electron chi connectivity index (χ3n) is 3.51. The third kappa shape index (κ3) is 2.99. The molecule has 0 aromatic rings. The van der Waals surface area contributed by atoms with E-state index in [9.17, 15) is 9.90 Å². The van der Waals surface area contributed by atoms with Gasteiger partial charge in [0.25, 0.3) is 0 Å². The standard InChI is InChI=1S/C13H25NO3/c1-10(2)8-13(5,11(15)16)14-6-7-17-9-12(14,3)4/h10H,6-9H2,1-5H3,(H,15,16). The summed E-state index contributed by atoms with van der Waals surface area (Å²) in [7, 11) is 0. The van der Waals surface area contributed by atoms with E-state index in [-0.39, 0.29) is 5.54 Å². The summed E-state index contributed by atoms with van der Waals surface area (Å²) < 4.78 is 5.46. The summed E-state index contributed by atoms with van der Waals surface area (Å²) in [5, 5.41) is 9.58. The third-order valence-corrected chi connectivity index (χ3v) is 3.51. The zero-order valence-corrected chi connectivity index (χ0v) is 11.6. The topological polar surface area (TPSA) is 49.8 Å². The molecule has 17 heavy (non-hydrogen) atoms. The summed E-state index contributed by atoms with van der Waals surface area (Å²) >= 11 is 0. The molecule has 0 saturated carbocycles. The summed E-state index contributed by atoms with van der Waals surface area (Å²) in [6, 6.07) is 0. The summed E-state index contributed by atoms with van der Waals surface area (Å²) in [6.45, 7) is 12.0. The molecule has 1 rings (SSSR count). The van der Waals surface area contributed by atoms with Crippen LogP contribution in [0.3, 0.4) is 0 Å². The van der Waals surface area contributed by atoms with Gasteiger partial charge < -0.3 is 9.84 Å². The number of nitrogens with zero attached hydrogens (tertiary/aromatic N) is 1. The molecule has 1 heterocycles. The summed E-state index contributed by atoms with van der Waals surface area (Å²) in [6.07, 6.45) is 0.658. The zero-order valence-electron chi connectivity index (χ0n) is 11.6. The van der Waals surface area contributed by atoms with Gasteiger partial charge in [-0.05, 0) is 33.1 Å². The highest BCUT2D eigenvalue weighted by Gasteiger charge is 2.47. The summed E-state index contributed by atoms with van der Waals surface area (Å²) in [4.78, 5) is 13.8. The number of ether oxygens (including phenoxy) is 1. The van der Waals surface area contributed by atoms with Crippen molar-refractivity contribution < 1.29 is 14.6 Å². The van der Waals surface area contributed by atoms with Crippen molar-refractivity contribution in [1.82, 2.24) is 4.90 Å². The van der Waals surface area contributed by atoms with Crippen LogP contribution in [0.4, 0.5) is 0 Å². The maximum absolute atomic E-state index is 11.7. The average molecular weight is 243 g/mol. The second-order valence-electron chi connectivity index (χ2n) is 6.19. The smallest absolute Gasteiger partial charge is 0.323 e. The minimum atomic E-state index is -0.804. The molecule has 0 spiro atoms. The van der Waals surface area contributed by atoms with Gasteiger partial charge in [-0.25, -0.2) is 0 Å². The van der Waals surface area contributed by atoms with Crippen molar-refractivity contribution in [3.8, 4) is 0 Å². The fraction of sp³-hybridized carbons (Fsp3) is 0.923. The van der Waals surface area contributed by atoms with Crippen LogP contribution in [0.15, 0.2) is 0 Å². The second-order valence-corrected chi connectivity index (χ2v) is 6.19. The Bertz CT molecular complexity index is 288. The van der Waals surface area contributed by atoms with E-state index < -0.39 is 11.5 Å². The molecule has 1 saturated heterocycles. The Hall–Kier alpha value is -0.610. The van der Waals surface area contributed by atoms with Gasteiger partial charge in [0.1, 0.15) is 5.54 Å². The number of carbonyl (C=O) groups is 1. The molecule has 1 aliphatic rings. The largest absolute Gasteiger partial charge is 0.480 e. The summed E-state index contributed by atoms with van der Waals surface area (Å²) in [5.74, 6) is -0.379. The first-order valence-corrected chi connectivity index (χ1v) is 6.29. The van der Waals surface area contributed by atoms with Gasteiger partial charge in [0.2, 0.25) is 0 Å². The Kier molecular flexibility index (Phi) is 4.20. The molecule has 100 valence electrons. The molecule has 0 bridgehead atoms. The van der Waals surface area contributed by atoms with Crippen LogP contribution in [-0.2, 0) is 9.53 Å². The molecule has 1 atom stereocenters. The fourth-order valence-electron chi connectivity index (χ4n) is 2.88. The van der Waals surface area contributed by atoms with Gasteiger partial charge in [-0.15, -0.1) is 0 Å². The number of rotatable bonds is 4. The molecule has 1 unspecified atom stereocenters. The lowest BCUT2D eigenvalue weighted by atomic mass is 9.84. The van der Waals surface area contributed by atoms with Gasteiger partial charge in [-0.3, -0.25) is 9.69 Å². The number of morpholine rings is 1. The van der Waals surface area contributed by atoms with Gasteiger partial charge in [0.05, 0.1) is 13.2 Å². The monoisotopic (exact) mass is 243 g/mol. The van der Waals surface area contributed by atoms with Crippen LogP contribution in [-0.4, -0.2) is 46.8 Å². The minimum absolute atomic E-state index is 0.222. The van der Waals surface area contributed by atoms with E-state index in [0.717, 1.165) is 0 Å². The molecule has 0 amide bonds. The highest BCUT2D eigenvalue weighted by molar-refractivity contribution is 5.78. The van der Waals surface area contributed by atoms with E-state index in [2.05, 4.69) is 18.7 Å². The molecule has 0 aromatic heterocycles. The van der Waals surface area contributed by atoms with E-state index in [4.69, 9.17) is 4.74 Å². The molecule has 4 nitrogen and oxygen atoms in total. The first kappa shape index (κ1) is 14.5. The van der Waals surface area contributed by atoms with E-state index in [1.54, 1.807) is 0 Å². The first-order valence-electron chi connectivity index (χ1n) is 6.29. The Morgan fingerprint density at radius 2 is 2.12 bits per heavy atom. The van der Waals surface area contributed by atoms with Crippen LogP contribution >= 0.6 is 0 Å². The van der Waals surface area contributed by atoms with Crippen molar-refractivity contribution in [3.63, 3.8) is 0 Å². The number of carboxylic acid groups (broad SMARTS) is 1. The van der Waals surface area contributed by atoms with Crippen LogP contribution in [0.5, 0.6) is 0 Å². The summed E-state index contributed by atoms with van der Waals surface area (Å²) in [5.41, 5.74) is -1.03. The van der Waals surface area contributed by atoms with E-state index in [1.807, 2.05) is 20.8 Å². The quantitative estimate of drug-likeness (QED) is 0.820. The molecule has 0 aromatic carbocycles. The van der Waals surface area contributed by atoms with Crippen molar-refractivity contribution in [1.29, 1.82) is 0 Å². The Labute approximate surface area is 104 Å². The molecule has 0 aliphatic carbocycles. The SMILES string of the molecule is CC(C)CC(C)(C(=O)O)N1CCOCC1(C)C. The Morgan fingerprint density at radius 3 is 2.53 bits per heavy atom. The van der Waals surface area contributed by atoms with Crippen molar-refractivity contribution in [2.24, 2.45) is 5.92 Å². The Morgan fingerprint density at radius 1 is 1.53 bits per heavy atom. The Balaban J connectivity index is 3.00. The molecular weight excluding hydrogens is 218 g/mol. The maximum Gasteiger partial charge on any atom is 0.323 e. The number of carboxylic acids is 1. The normalized spacial score (nSPS) is 24.6. The van der Waals surface area contributed by atoms with Crippen LogP contribution < -0.4 is 0 Å². The second kappa shape index (κ2) is 4.94. The highest BCUT2D eigenvalue weighted by atomic mass is 16.5.